The first-order valence-electron chi connectivity index (χ1n) is 9.71. The van der Waals surface area contributed by atoms with Crippen LogP contribution in [0.3, 0.4) is 0 Å². The first-order chi connectivity index (χ1) is 15.7. The highest BCUT2D eigenvalue weighted by Crippen LogP contribution is 2.29. The molecule has 0 aliphatic carbocycles. The van der Waals surface area contributed by atoms with Crippen molar-refractivity contribution in [2.45, 2.75) is 18.3 Å². The molecule has 0 aliphatic heterocycles. The van der Waals surface area contributed by atoms with Gasteiger partial charge in [-0.15, -0.1) is 10.2 Å². The fourth-order valence-corrected chi connectivity index (χ4v) is 3.44. The molecule has 0 saturated carbocycles. The van der Waals surface area contributed by atoms with Crippen LogP contribution in [0.5, 0.6) is 5.75 Å². The first kappa shape index (κ1) is 24.1. The molecule has 174 valence electrons. The maximum absolute atomic E-state index is 12.8. The number of nitrogens with one attached hydrogen (secondary N) is 2. The van der Waals surface area contributed by atoms with Gasteiger partial charge < -0.3 is 19.9 Å². The van der Waals surface area contributed by atoms with Crippen LogP contribution in [0.2, 0.25) is 0 Å². The molecule has 2 N–H and O–H groups in total. The molecule has 3 aromatic rings. The number of carbonyl (C=O) groups excluding carboxylic acids is 2. The van der Waals surface area contributed by atoms with Crippen LogP contribution in [-0.4, -0.2) is 38.9 Å². The minimum atomic E-state index is -4.62. The van der Waals surface area contributed by atoms with Gasteiger partial charge in [0.1, 0.15) is 5.75 Å². The number of anilines is 2. The number of carbonyl (C=O) groups is 2. The lowest BCUT2D eigenvalue weighted by Crippen LogP contribution is -2.16. The SMILES string of the molecule is CCOc1ccc(NC(=O)c2ccc(NC(=O)CSc3nnc(C(F)(F)F)n3C)cc2)cc1. The van der Waals surface area contributed by atoms with E-state index in [0.717, 1.165) is 16.3 Å². The smallest absolute Gasteiger partial charge is 0.451 e. The molecule has 33 heavy (non-hydrogen) atoms. The summed E-state index contributed by atoms with van der Waals surface area (Å²) in [5.74, 6) is -1.36. The van der Waals surface area contributed by atoms with Crippen LogP contribution < -0.4 is 15.4 Å². The quantitative estimate of drug-likeness (QED) is 0.470. The van der Waals surface area contributed by atoms with Gasteiger partial charge in [0, 0.05) is 24.0 Å². The molecular weight excluding hydrogens is 459 g/mol. The monoisotopic (exact) mass is 479 g/mol. The van der Waals surface area contributed by atoms with Crippen LogP contribution in [0.1, 0.15) is 23.1 Å². The third-order valence-electron chi connectivity index (χ3n) is 4.27. The maximum atomic E-state index is 12.8. The van der Waals surface area contributed by atoms with Crippen molar-refractivity contribution in [1.82, 2.24) is 14.8 Å². The third-order valence-corrected chi connectivity index (χ3v) is 5.30. The molecule has 0 bridgehead atoms. The largest absolute Gasteiger partial charge is 0.494 e. The van der Waals surface area contributed by atoms with Crippen molar-refractivity contribution in [3.63, 3.8) is 0 Å². The molecule has 3 rings (SSSR count). The second-order valence-electron chi connectivity index (χ2n) is 6.69. The van der Waals surface area contributed by atoms with Gasteiger partial charge in [-0.05, 0) is 55.5 Å². The highest BCUT2D eigenvalue weighted by Gasteiger charge is 2.37. The van der Waals surface area contributed by atoms with Crippen molar-refractivity contribution in [3.8, 4) is 5.75 Å². The molecule has 0 spiro atoms. The topological polar surface area (TPSA) is 98.1 Å². The van der Waals surface area contributed by atoms with Crippen molar-refractivity contribution < 1.29 is 27.5 Å². The van der Waals surface area contributed by atoms with E-state index in [9.17, 15) is 22.8 Å². The van der Waals surface area contributed by atoms with E-state index in [1.807, 2.05) is 6.92 Å². The Hall–Kier alpha value is -3.54. The molecule has 2 aromatic carbocycles. The van der Waals surface area contributed by atoms with E-state index in [2.05, 4.69) is 20.8 Å². The Morgan fingerprint density at radius 3 is 2.18 bits per heavy atom. The number of aromatic nitrogens is 3. The lowest BCUT2D eigenvalue weighted by Gasteiger charge is -2.09. The molecule has 1 heterocycles. The van der Waals surface area contributed by atoms with Crippen molar-refractivity contribution >= 4 is 35.0 Å². The van der Waals surface area contributed by atoms with E-state index >= 15 is 0 Å². The normalized spacial score (nSPS) is 11.2. The van der Waals surface area contributed by atoms with Crippen molar-refractivity contribution in [3.05, 3.63) is 59.9 Å². The lowest BCUT2D eigenvalue weighted by atomic mass is 10.2. The average molecular weight is 479 g/mol. The molecule has 0 unspecified atom stereocenters. The lowest BCUT2D eigenvalue weighted by molar-refractivity contribution is -0.147. The Balaban J connectivity index is 1.52. The second kappa shape index (κ2) is 10.4. The average Bonchev–Trinajstić information content (AvgIpc) is 3.15. The Morgan fingerprint density at radius 2 is 1.61 bits per heavy atom. The van der Waals surface area contributed by atoms with E-state index in [-0.39, 0.29) is 16.8 Å². The number of nitrogens with zero attached hydrogens (tertiary/aromatic N) is 3. The predicted octanol–water partition coefficient (Wildman–Crippen LogP) is 4.22. The van der Waals surface area contributed by atoms with Crippen LogP contribution in [0.4, 0.5) is 24.5 Å². The van der Waals surface area contributed by atoms with Gasteiger partial charge >= 0.3 is 6.18 Å². The van der Waals surface area contributed by atoms with Crippen LogP contribution in [-0.2, 0) is 18.0 Å². The fraction of sp³-hybridized carbons (Fsp3) is 0.238. The zero-order chi connectivity index (χ0) is 24.0. The molecule has 0 fully saturated rings. The Morgan fingerprint density at radius 1 is 1.00 bits per heavy atom. The molecule has 12 heteroatoms. The summed E-state index contributed by atoms with van der Waals surface area (Å²) in [5.41, 5.74) is 1.43. The standard InChI is InChI=1S/C21H20F3N5O3S/c1-3-32-16-10-8-15(9-11-16)26-18(31)13-4-6-14(7-5-13)25-17(30)12-33-20-28-27-19(29(20)2)21(22,23)24/h4-11H,3,12H2,1-2H3,(H,25,30)(H,26,31). The number of halogens is 3. The number of rotatable bonds is 8. The van der Waals surface area contributed by atoms with Gasteiger partial charge in [0.05, 0.1) is 12.4 Å². The third kappa shape index (κ3) is 6.48. The predicted molar refractivity (Wildman–Crippen MR) is 117 cm³/mol. The number of hydrogen-bond acceptors (Lipinski definition) is 6. The van der Waals surface area contributed by atoms with Gasteiger partial charge in [0.15, 0.2) is 5.16 Å². The molecule has 0 radical (unpaired) electrons. The van der Waals surface area contributed by atoms with E-state index in [1.165, 1.54) is 7.05 Å². The zero-order valence-electron chi connectivity index (χ0n) is 17.6. The molecular formula is C21H20F3N5O3S. The maximum Gasteiger partial charge on any atom is 0.451 e. The van der Waals surface area contributed by atoms with Crippen LogP contribution >= 0.6 is 11.8 Å². The first-order valence-corrected chi connectivity index (χ1v) is 10.7. The van der Waals surface area contributed by atoms with Gasteiger partial charge in [-0.2, -0.15) is 13.2 Å². The van der Waals surface area contributed by atoms with E-state index in [4.69, 9.17) is 4.74 Å². The van der Waals surface area contributed by atoms with Crippen LogP contribution in [0.15, 0.2) is 53.7 Å². The van der Waals surface area contributed by atoms with Crippen molar-refractivity contribution in [2.24, 2.45) is 7.05 Å². The number of benzene rings is 2. The highest BCUT2D eigenvalue weighted by atomic mass is 32.2. The summed E-state index contributed by atoms with van der Waals surface area (Å²) in [6.45, 7) is 2.43. The summed E-state index contributed by atoms with van der Waals surface area (Å²) in [6.07, 6.45) is -4.62. The number of amides is 2. The van der Waals surface area contributed by atoms with Gasteiger partial charge in [-0.25, -0.2) is 0 Å². The molecule has 0 aliphatic rings. The zero-order valence-corrected chi connectivity index (χ0v) is 18.5. The number of thioether (sulfide) groups is 1. The van der Waals surface area contributed by atoms with Crippen LogP contribution in [0.25, 0.3) is 0 Å². The molecule has 2 amide bonds. The Kier molecular flexibility index (Phi) is 7.59. The van der Waals surface area contributed by atoms with Gasteiger partial charge in [0.25, 0.3) is 5.91 Å². The van der Waals surface area contributed by atoms with Crippen molar-refractivity contribution in [1.29, 1.82) is 0 Å². The molecule has 0 atom stereocenters. The minimum Gasteiger partial charge on any atom is -0.494 e. The van der Waals surface area contributed by atoms with E-state index in [0.29, 0.717) is 29.3 Å². The Bertz CT molecular complexity index is 1120. The highest BCUT2D eigenvalue weighted by molar-refractivity contribution is 7.99. The summed E-state index contributed by atoms with van der Waals surface area (Å²) < 4.78 is 44.4. The van der Waals surface area contributed by atoms with E-state index < -0.39 is 17.9 Å². The fourth-order valence-electron chi connectivity index (χ4n) is 2.72. The molecule has 0 saturated heterocycles. The number of hydrogen-bond donors (Lipinski definition) is 2. The second-order valence-corrected chi connectivity index (χ2v) is 7.63. The van der Waals surface area contributed by atoms with Crippen molar-refractivity contribution in [2.75, 3.05) is 23.0 Å². The van der Waals surface area contributed by atoms with Gasteiger partial charge in [-0.1, -0.05) is 11.8 Å². The molecule has 1 aromatic heterocycles. The van der Waals surface area contributed by atoms with Crippen LogP contribution in [0, 0.1) is 0 Å². The van der Waals surface area contributed by atoms with Gasteiger partial charge in [0.2, 0.25) is 11.7 Å². The number of alkyl halides is 3. The number of ether oxygens (including phenoxy) is 1. The minimum absolute atomic E-state index is 0.0289. The van der Waals surface area contributed by atoms with Gasteiger partial charge in [-0.3, -0.25) is 9.59 Å². The summed E-state index contributed by atoms with van der Waals surface area (Å²) in [6, 6.07) is 13.2. The Labute approximate surface area is 191 Å². The summed E-state index contributed by atoms with van der Waals surface area (Å²) in [4.78, 5) is 24.5. The summed E-state index contributed by atoms with van der Waals surface area (Å²) in [7, 11) is 1.18. The van der Waals surface area contributed by atoms with E-state index in [1.54, 1.807) is 48.5 Å². The summed E-state index contributed by atoms with van der Waals surface area (Å²) in [5, 5.41) is 11.9. The summed E-state index contributed by atoms with van der Waals surface area (Å²) >= 11 is 0.829. The molecule has 8 nitrogen and oxygen atoms in total.